The Bertz CT molecular complexity index is 364. The Morgan fingerprint density at radius 1 is 1.50 bits per heavy atom. The zero-order chi connectivity index (χ0) is 12.1. The third-order valence-corrected chi connectivity index (χ3v) is 2.40. The summed E-state index contributed by atoms with van der Waals surface area (Å²) in [7, 11) is 1.80. The molecule has 1 rings (SSSR count). The highest BCUT2D eigenvalue weighted by molar-refractivity contribution is 6.31. The fourth-order valence-electron chi connectivity index (χ4n) is 1.13. The summed E-state index contributed by atoms with van der Waals surface area (Å²) in [5, 5.41) is 5.87. The van der Waals surface area contributed by atoms with E-state index in [1.54, 1.807) is 7.05 Å². The molecule has 5 heteroatoms. The normalized spacial score (nSPS) is 12.2. The highest BCUT2D eigenvalue weighted by Gasteiger charge is 2.09. The fraction of sp³-hybridized carbons (Fsp3) is 0.364. The quantitative estimate of drug-likeness (QED) is 0.848. The molecule has 3 nitrogen and oxygen atoms in total. The number of nitrogens with one attached hydrogen (secondary N) is 2. The van der Waals surface area contributed by atoms with Gasteiger partial charge >= 0.3 is 0 Å². The van der Waals surface area contributed by atoms with Gasteiger partial charge in [-0.3, -0.25) is 4.79 Å². The van der Waals surface area contributed by atoms with Gasteiger partial charge in [0.1, 0.15) is 5.82 Å². The first-order valence-corrected chi connectivity index (χ1v) is 5.32. The molecule has 16 heavy (non-hydrogen) atoms. The summed E-state index contributed by atoms with van der Waals surface area (Å²) in [6.45, 7) is 2.41. The summed E-state index contributed by atoms with van der Waals surface area (Å²) in [6, 6.07) is 3.91. The van der Waals surface area contributed by atoms with Gasteiger partial charge in [-0.1, -0.05) is 11.6 Å². The highest BCUT2D eigenvalue weighted by atomic mass is 35.5. The van der Waals surface area contributed by atoms with Crippen LogP contribution in [0.5, 0.6) is 0 Å². The molecule has 0 bridgehead atoms. The number of hydrogen-bond acceptors (Lipinski definition) is 2. The van der Waals surface area contributed by atoms with Crippen molar-refractivity contribution in [2.24, 2.45) is 0 Å². The van der Waals surface area contributed by atoms with Crippen LogP contribution in [0, 0.1) is 5.82 Å². The molecule has 0 aliphatic heterocycles. The molecule has 0 aromatic heterocycles. The number of carbonyl (C=O) groups excluding carboxylic acids is 1. The Morgan fingerprint density at radius 2 is 2.19 bits per heavy atom. The van der Waals surface area contributed by atoms with E-state index in [2.05, 4.69) is 10.6 Å². The standard InChI is InChI=1S/C11H14ClFN2O/c1-7(14-2)6-15-11(16)8-3-9(12)5-10(13)4-8/h3-5,7,14H,6H2,1-2H3,(H,15,16). The first-order chi connectivity index (χ1) is 7.52. The van der Waals surface area contributed by atoms with Crippen LogP contribution in [-0.2, 0) is 0 Å². The number of hydrogen-bond donors (Lipinski definition) is 2. The summed E-state index contributed by atoms with van der Waals surface area (Å²) in [4.78, 5) is 11.6. The number of halogens is 2. The molecule has 0 aliphatic carbocycles. The fourth-order valence-corrected chi connectivity index (χ4v) is 1.36. The van der Waals surface area contributed by atoms with Gasteiger partial charge in [0.25, 0.3) is 5.91 Å². The van der Waals surface area contributed by atoms with E-state index < -0.39 is 5.82 Å². The first-order valence-electron chi connectivity index (χ1n) is 4.94. The molecule has 0 saturated heterocycles. The van der Waals surface area contributed by atoms with Crippen molar-refractivity contribution in [2.45, 2.75) is 13.0 Å². The molecule has 1 aromatic rings. The van der Waals surface area contributed by atoms with Crippen LogP contribution in [0.3, 0.4) is 0 Å². The van der Waals surface area contributed by atoms with E-state index in [1.807, 2.05) is 6.92 Å². The number of benzene rings is 1. The van der Waals surface area contributed by atoms with Gasteiger partial charge < -0.3 is 10.6 Å². The number of rotatable bonds is 4. The van der Waals surface area contributed by atoms with Gasteiger partial charge in [0.2, 0.25) is 0 Å². The monoisotopic (exact) mass is 244 g/mol. The van der Waals surface area contributed by atoms with Gasteiger partial charge in [-0.05, 0) is 32.2 Å². The Labute approximate surface area is 99.0 Å². The van der Waals surface area contributed by atoms with E-state index in [0.29, 0.717) is 6.54 Å². The van der Waals surface area contributed by atoms with Crippen LogP contribution >= 0.6 is 11.6 Å². The van der Waals surface area contributed by atoms with Gasteiger partial charge in [0.15, 0.2) is 0 Å². The lowest BCUT2D eigenvalue weighted by Gasteiger charge is -2.11. The highest BCUT2D eigenvalue weighted by Crippen LogP contribution is 2.13. The van der Waals surface area contributed by atoms with Crippen molar-refractivity contribution < 1.29 is 9.18 Å². The smallest absolute Gasteiger partial charge is 0.251 e. The molecule has 0 heterocycles. The molecule has 1 amide bonds. The van der Waals surface area contributed by atoms with Gasteiger partial charge in [-0.2, -0.15) is 0 Å². The SMILES string of the molecule is CNC(C)CNC(=O)c1cc(F)cc(Cl)c1. The van der Waals surface area contributed by atoms with E-state index in [4.69, 9.17) is 11.6 Å². The van der Waals surface area contributed by atoms with E-state index in [9.17, 15) is 9.18 Å². The minimum absolute atomic E-state index is 0.160. The van der Waals surface area contributed by atoms with Crippen LogP contribution < -0.4 is 10.6 Å². The Morgan fingerprint density at radius 3 is 2.75 bits per heavy atom. The molecule has 1 unspecified atom stereocenters. The molecule has 0 radical (unpaired) electrons. The second-order valence-electron chi connectivity index (χ2n) is 3.56. The second kappa shape index (κ2) is 5.82. The lowest BCUT2D eigenvalue weighted by molar-refractivity contribution is 0.0950. The molecule has 0 aliphatic rings. The molecule has 0 fully saturated rings. The lowest BCUT2D eigenvalue weighted by Crippen LogP contribution is -2.37. The lowest BCUT2D eigenvalue weighted by atomic mass is 10.2. The van der Waals surface area contributed by atoms with Crippen LogP contribution in [0.2, 0.25) is 5.02 Å². The summed E-state index contributed by atoms with van der Waals surface area (Å²) >= 11 is 5.65. The molecule has 1 aromatic carbocycles. The van der Waals surface area contributed by atoms with Crippen molar-refractivity contribution >= 4 is 17.5 Å². The third kappa shape index (κ3) is 3.79. The van der Waals surface area contributed by atoms with E-state index in [-0.39, 0.29) is 22.5 Å². The summed E-state index contributed by atoms with van der Waals surface area (Å²) in [5.74, 6) is -0.845. The van der Waals surface area contributed by atoms with Crippen molar-refractivity contribution in [2.75, 3.05) is 13.6 Å². The number of amides is 1. The predicted molar refractivity (Wildman–Crippen MR) is 62.3 cm³/mol. The number of carbonyl (C=O) groups is 1. The summed E-state index contributed by atoms with van der Waals surface area (Å²) < 4.78 is 13.0. The van der Waals surface area contributed by atoms with Gasteiger partial charge in [0, 0.05) is 23.2 Å². The average molecular weight is 245 g/mol. The Kier molecular flexibility index (Phi) is 4.71. The average Bonchev–Trinajstić information content (AvgIpc) is 2.23. The van der Waals surface area contributed by atoms with E-state index >= 15 is 0 Å². The predicted octanol–water partition coefficient (Wildman–Crippen LogP) is 1.82. The molecule has 2 N–H and O–H groups in total. The van der Waals surface area contributed by atoms with E-state index in [1.165, 1.54) is 6.07 Å². The van der Waals surface area contributed by atoms with Crippen molar-refractivity contribution in [3.8, 4) is 0 Å². The van der Waals surface area contributed by atoms with Crippen molar-refractivity contribution in [3.05, 3.63) is 34.6 Å². The minimum atomic E-state index is -0.515. The maximum Gasteiger partial charge on any atom is 0.251 e. The Balaban J connectivity index is 2.66. The molecule has 0 saturated carbocycles. The van der Waals surface area contributed by atoms with Crippen LogP contribution in [0.25, 0.3) is 0 Å². The molecular weight excluding hydrogens is 231 g/mol. The van der Waals surface area contributed by atoms with Crippen molar-refractivity contribution in [1.29, 1.82) is 0 Å². The van der Waals surface area contributed by atoms with Gasteiger partial charge in [-0.15, -0.1) is 0 Å². The van der Waals surface area contributed by atoms with Gasteiger partial charge in [0.05, 0.1) is 0 Å². The molecule has 0 spiro atoms. The molecule has 88 valence electrons. The minimum Gasteiger partial charge on any atom is -0.350 e. The number of likely N-dealkylation sites (N-methyl/N-ethyl adjacent to an activating group) is 1. The zero-order valence-corrected chi connectivity index (χ0v) is 9.94. The van der Waals surface area contributed by atoms with Crippen LogP contribution in [0.15, 0.2) is 18.2 Å². The summed E-state index contributed by atoms with van der Waals surface area (Å²) in [6.07, 6.45) is 0. The summed E-state index contributed by atoms with van der Waals surface area (Å²) in [5.41, 5.74) is 0.230. The van der Waals surface area contributed by atoms with Crippen LogP contribution in [0.4, 0.5) is 4.39 Å². The molecular formula is C11H14ClFN2O. The topological polar surface area (TPSA) is 41.1 Å². The van der Waals surface area contributed by atoms with Crippen LogP contribution in [-0.4, -0.2) is 25.5 Å². The third-order valence-electron chi connectivity index (χ3n) is 2.19. The van der Waals surface area contributed by atoms with Crippen molar-refractivity contribution in [1.82, 2.24) is 10.6 Å². The zero-order valence-electron chi connectivity index (χ0n) is 9.18. The maximum absolute atomic E-state index is 13.0. The first kappa shape index (κ1) is 12.9. The largest absolute Gasteiger partial charge is 0.350 e. The van der Waals surface area contributed by atoms with Crippen molar-refractivity contribution in [3.63, 3.8) is 0 Å². The van der Waals surface area contributed by atoms with Gasteiger partial charge in [-0.25, -0.2) is 4.39 Å². The second-order valence-corrected chi connectivity index (χ2v) is 3.99. The maximum atomic E-state index is 13.0. The van der Waals surface area contributed by atoms with Crippen LogP contribution in [0.1, 0.15) is 17.3 Å². The molecule has 1 atom stereocenters. The van der Waals surface area contributed by atoms with E-state index in [0.717, 1.165) is 12.1 Å². The Hall–Kier alpha value is -1.13.